The highest BCUT2D eigenvalue weighted by atomic mass is 127. The summed E-state index contributed by atoms with van der Waals surface area (Å²) in [7, 11) is 0. The van der Waals surface area contributed by atoms with Gasteiger partial charge in [0.25, 0.3) is 0 Å². The van der Waals surface area contributed by atoms with E-state index in [1.54, 1.807) is 6.07 Å². The van der Waals surface area contributed by atoms with Gasteiger partial charge in [-0.15, -0.1) is 24.0 Å². The Hall–Kier alpha value is -2.85. The van der Waals surface area contributed by atoms with Crippen LogP contribution in [0.25, 0.3) is 0 Å². The number of hydrogen-bond acceptors (Lipinski definition) is 4. The molecule has 4 rings (SSSR count). The van der Waals surface area contributed by atoms with Gasteiger partial charge in [-0.1, -0.05) is 30.3 Å². The molecule has 1 fully saturated rings. The van der Waals surface area contributed by atoms with Gasteiger partial charge in [0.1, 0.15) is 17.3 Å². The lowest BCUT2D eigenvalue weighted by atomic mass is 10.1. The van der Waals surface area contributed by atoms with Crippen molar-refractivity contribution in [1.29, 1.82) is 0 Å². The van der Waals surface area contributed by atoms with E-state index in [-0.39, 0.29) is 42.3 Å². The highest BCUT2D eigenvalue weighted by Crippen LogP contribution is 2.24. The fourth-order valence-corrected chi connectivity index (χ4v) is 3.34. The van der Waals surface area contributed by atoms with E-state index in [2.05, 4.69) is 10.3 Å². The summed E-state index contributed by atoms with van der Waals surface area (Å²) in [6.45, 7) is 2.90. The highest BCUT2D eigenvalue weighted by molar-refractivity contribution is 14.0. The molecule has 0 amide bonds. The van der Waals surface area contributed by atoms with Crippen molar-refractivity contribution in [2.75, 3.05) is 36.5 Å². The zero-order valence-electron chi connectivity index (χ0n) is 17.5. The summed E-state index contributed by atoms with van der Waals surface area (Å²) in [5.74, 6) is 1.43. The Kier molecular flexibility index (Phi) is 8.69. The maximum atomic E-state index is 14.5. The number of anilines is 2. The van der Waals surface area contributed by atoms with Crippen LogP contribution in [0, 0.1) is 5.82 Å². The van der Waals surface area contributed by atoms with Crippen LogP contribution >= 0.6 is 24.0 Å². The number of nitrogens with two attached hydrogens (primary N) is 1. The number of morpholine rings is 1. The smallest absolute Gasteiger partial charge is 0.193 e. The minimum atomic E-state index is -0.258. The summed E-state index contributed by atoms with van der Waals surface area (Å²) in [6, 6.07) is 22.2. The SMILES string of the molecule is I.NC(=NCc1ccc(N2CCOCC2)c(F)c1)Nc1cccc(Oc2ccccc2)c1. The first-order valence-electron chi connectivity index (χ1n) is 10.2. The molecule has 3 aromatic rings. The van der Waals surface area contributed by atoms with Gasteiger partial charge in [0.15, 0.2) is 5.96 Å². The second-order valence-electron chi connectivity index (χ2n) is 7.15. The lowest BCUT2D eigenvalue weighted by Gasteiger charge is -2.29. The minimum absolute atomic E-state index is 0. The van der Waals surface area contributed by atoms with E-state index in [0.29, 0.717) is 37.7 Å². The lowest BCUT2D eigenvalue weighted by Crippen LogP contribution is -2.36. The third kappa shape index (κ3) is 6.57. The summed E-state index contributed by atoms with van der Waals surface area (Å²) < 4.78 is 25.7. The Labute approximate surface area is 204 Å². The normalized spacial score (nSPS) is 13.9. The fraction of sp³-hybridized carbons (Fsp3) is 0.208. The standard InChI is InChI=1S/C24H25FN4O2.HI/c25-22-15-18(9-10-23(22)29-11-13-30-14-12-29)17-27-24(26)28-19-5-4-8-21(16-19)31-20-6-2-1-3-7-20;/h1-10,15-16H,11-14,17H2,(H3,26,27,28);1H. The summed E-state index contributed by atoms with van der Waals surface area (Å²) in [6.07, 6.45) is 0. The van der Waals surface area contributed by atoms with E-state index in [4.69, 9.17) is 15.2 Å². The van der Waals surface area contributed by atoms with Crippen LogP contribution in [-0.2, 0) is 11.3 Å². The Bertz CT molecular complexity index is 1040. The highest BCUT2D eigenvalue weighted by Gasteiger charge is 2.15. The van der Waals surface area contributed by atoms with Crippen LogP contribution in [0.3, 0.4) is 0 Å². The van der Waals surface area contributed by atoms with Crippen molar-refractivity contribution < 1.29 is 13.9 Å². The van der Waals surface area contributed by atoms with Crippen LogP contribution < -0.4 is 20.7 Å². The first kappa shape index (κ1) is 23.8. The molecule has 0 saturated carbocycles. The number of nitrogens with zero attached hydrogens (tertiary/aromatic N) is 2. The van der Waals surface area contributed by atoms with Crippen molar-refractivity contribution in [3.05, 3.63) is 84.2 Å². The van der Waals surface area contributed by atoms with Crippen LogP contribution in [0.1, 0.15) is 5.56 Å². The van der Waals surface area contributed by atoms with Gasteiger partial charge in [-0.25, -0.2) is 9.38 Å². The fourth-order valence-electron chi connectivity index (χ4n) is 3.34. The third-order valence-electron chi connectivity index (χ3n) is 4.88. The molecule has 0 atom stereocenters. The quantitative estimate of drug-likeness (QED) is 0.258. The summed E-state index contributed by atoms with van der Waals surface area (Å²) in [5, 5.41) is 3.05. The monoisotopic (exact) mass is 548 g/mol. The average molecular weight is 548 g/mol. The van der Waals surface area contributed by atoms with E-state index >= 15 is 0 Å². The number of halogens is 2. The van der Waals surface area contributed by atoms with E-state index < -0.39 is 0 Å². The largest absolute Gasteiger partial charge is 0.457 e. The van der Waals surface area contributed by atoms with E-state index in [9.17, 15) is 4.39 Å². The topological polar surface area (TPSA) is 72.1 Å². The molecule has 168 valence electrons. The van der Waals surface area contributed by atoms with E-state index in [0.717, 1.165) is 17.0 Å². The van der Waals surface area contributed by atoms with Crippen LogP contribution in [0.4, 0.5) is 15.8 Å². The second-order valence-corrected chi connectivity index (χ2v) is 7.15. The summed E-state index contributed by atoms with van der Waals surface area (Å²) in [4.78, 5) is 6.32. The third-order valence-corrected chi connectivity index (χ3v) is 4.88. The first-order valence-corrected chi connectivity index (χ1v) is 10.2. The first-order chi connectivity index (χ1) is 15.2. The van der Waals surface area contributed by atoms with Gasteiger partial charge in [-0.2, -0.15) is 0 Å². The van der Waals surface area contributed by atoms with E-state index in [1.807, 2.05) is 65.6 Å². The number of guanidine groups is 1. The Morgan fingerprint density at radius 1 is 1.00 bits per heavy atom. The van der Waals surface area contributed by atoms with Crippen molar-refractivity contribution >= 4 is 41.3 Å². The van der Waals surface area contributed by atoms with Gasteiger partial charge in [0.2, 0.25) is 0 Å². The summed E-state index contributed by atoms with van der Waals surface area (Å²) in [5.41, 5.74) is 8.12. The maximum Gasteiger partial charge on any atom is 0.193 e. The van der Waals surface area contributed by atoms with Gasteiger partial charge in [0, 0.05) is 24.8 Å². The van der Waals surface area contributed by atoms with Crippen LogP contribution in [0.2, 0.25) is 0 Å². The molecular weight excluding hydrogens is 522 g/mol. The van der Waals surface area contributed by atoms with Gasteiger partial charge in [-0.3, -0.25) is 0 Å². The Balaban J connectivity index is 0.00000289. The van der Waals surface area contributed by atoms with Crippen molar-refractivity contribution in [3.8, 4) is 11.5 Å². The molecular formula is C24H26FIN4O2. The molecule has 0 aromatic heterocycles. The van der Waals surface area contributed by atoms with E-state index in [1.165, 1.54) is 6.07 Å². The molecule has 1 aliphatic heterocycles. The number of rotatable bonds is 6. The molecule has 3 N–H and O–H groups in total. The Morgan fingerprint density at radius 3 is 2.50 bits per heavy atom. The number of benzene rings is 3. The molecule has 8 heteroatoms. The number of ether oxygens (including phenoxy) is 2. The van der Waals surface area contributed by atoms with Crippen LogP contribution in [0.5, 0.6) is 11.5 Å². The predicted molar refractivity (Wildman–Crippen MR) is 137 cm³/mol. The Morgan fingerprint density at radius 2 is 1.75 bits per heavy atom. The molecule has 1 aliphatic rings. The zero-order chi connectivity index (χ0) is 21.5. The number of hydrogen-bond donors (Lipinski definition) is 2. The van der Waals surface area contributed by atoms with Crippen molar-refractivity contribution in [2.45, 2.75) is 6.54 Å². The van der Waals surface area contributed by atoms with Gasteiger partial charge in [-0.05, 0) is 42.0 Å². The maximum absolute atomic E-state index is 14.5. The molecule has 6 nitrogen and oxygen atoms in total. The van der Waals surface area contributed by atoms with Crippen LogP contribution in [-0.4, -0.2) is 32.3 Å². The zero-order valence-corrected chi connectivity index (χ0v) is 19.9. The average Bonchev–Trinajstić information content (AvgIpc) is 2.79. The van der Waals surface area contributed by atoms with Gasteiger partial charge in [0.05, 0.1) is 25.4 Å². The molecule has 32 heavy (non-hydrogen) atoms. The van der Waals surface area contributed by atoms with Gasteiger partial charge >= 0.3 is 0 Å². The molecule has 0 aliphatic carbocycles. The molecule has 3 aromatic carbocycles. The molecule has 0 spiro atoms. The number of aliphatic imine (C=N–C) groups is 1. The molecule has 1 saturated heterocycles. The van der Waals surface area contributed by atoms with Crippen LogP contribution in [0.15, 0.2) is 77.8 Å². The van der Waals surface area contributed by atoms with Gasteiger partial charge < -0.3 is 25.4 Å². The van der Waals surface area contributed by atoms with Crippen molar-refractivity contribution in [1.82, 2.24) is 0 Å². The van der Waals surface area contributed by atoms with Crippen molar-refractivity contribution in [2.24, 2.45) is 10.7 Å². The van der Waals surface area contributed by atoms with Crippen molar-refractivity contribution in [3.63, 3.8) is 0 Å². The molecule has 1 heterocycles. The predicted octanol–water partition coefficient (Wildman–Crippen LogP) is 5.00. The lowest BCUT2D eigenvalue weighted by molar-refractivity contribution is 0.122. The molecule has 0 unspecified atom stereocenters. The second kappa shape index (κ2) is 11.7. The molecule has 0 bridgehead atoms. The number of para-hydroxylation sites is 1. The minimum Gasteiger partial charge on any atom is -0.457 e. The molecule has 0 radical (unpaired) electrons. The summed E-state index contributed by atoms with van der Waals surface area (Å²) >= 11 is 0. The number of nitrogens with one attached hydrogen (secondary N) is 1.